The van der Waals surface area contributed by atoms with Gasteiger partial charge in [0, 0.05) is 6.07 Å². The normalized spacial score (nSPS) is 9.64. The minimum absolute atomic E-state index is 0.0454. The number of nitrogens with zero attached hydrogens (tertiary/aromatic N) is 1. The van der Waals surface area contributed by atoms with Gasteiger partial charge in [-0.2, -0.15) is 4.98 Å². The number of rotatable bonds is 2. The molecule has 1 aromatic heterocycles. The average molecular weight is 218 g/mol. The van der Waals surface area contributed by atoms with Crippen molar-refractivity contribution in [2.45, 2.75) is 6.92 Å². The molecule has 0 aromatic carbocycles. The Bertz CT molecular complexity index is 252. The van der Waals surface area contributed by atoms with Crippen LogP contribution in [-0.4, -0.2) is 16.7 Å². The Hall–Kier alpha value is -0.770. The number of hydrogen-bond donors (Lipinski definition) is 1. The highest BCUT2D eigenvalue weighted by Crippen LogP contribution is 2.23. The maximum absolute atomic E-state index is 9.09. The predicted molar refractivity (Wildman–Crippen MR) is 44.8 cm³/mol. The highest BCUT2D eigenvalue weighted by Gasteiger charge is 2.00. The van der Waals surface area contributed by atoms with E-state index in [1.54, 1.807) is 12.1 Å². The van der Waals surface area contributed by atoms with Crippen LogP contribution in [0.25, 0.3) is 0 Å². The highest BCUT2D eigenvalue weighted by atomic mass is 79.9. The van der Waals surface area contributed by atoms with Crippen molar-refractivity contribution in [2.24, 2.45) is 0 Å². The molecular weight excluding hydrogens is 210 g/mol. The van der Waals surface area contributed by atoms with Gasteiger partial charge in [0.2, 0.25) is 11.8 Å². The molecule has 0 fully saturated rings. The molecular formula is C7H8BrNO2. The van der Waals surface area contributed by atoms with Crippen molar-refractivity contribution in [1.82, 2.24) is 4.98 Å². The molecule has 0 spiro atoms. The molecule has 0 aliphatic heterocycles. The van der Waals surface area contributed by atoms with Crippen molar-refractivity contribution >= 4 is 15.9 Å². The zero-order valence-corrected chi connectivity index (χ0v) is 7.63. The first kappa shape index (κ1) is 8.33. The first-order chi connectivity index (χ1) is 5.24. The number of aromatic nitrogens is 1. The van der Waals surface area contributed by atoms with Crippen LogP contribution in [0.4, 0.5) is 0 Å². The van der Waals surface area contributed by atoms with Gasteiger partial charge in [0.25, 0.3) is 0 Å². The van der Waals surface area contributed by atoms with Gasteiger partial charge >= 0.3 is 0 Å². The maximum Gasteiger partial charge on any atom is 0.228 e. The van der Waals surface area contributed by atoms with Crippen LogP contribution in [0, 0.1) is 0 Å². The third kappa shape index (κ3) is 2.08. The topological polar surface area (TPSA) is 42.4 Å². The third-order valence-corrected chi connectivity index (χ3v) is 1.71. The predicted octanol–water partition coefficient (Wildman–Crippen LogP) is 1.95. The van der Waals surface area contributed by atoms with E-state index >= 15 is 0 Å². The van der Waals surface area contributed by atoms with E-state index in [1.807, 2.05) is 6.92 Å². The van der Waals surface area contributed by atoms with Crippen LogP contribution in [0.5, 0.6) is 11.8 Å². The number of aromatic hydroxyl groups is 1. The molecule has 1 N–H and O–H groups in total. The monoisotopic (exact) mass is 217 g/mol. The zero-order valence-electron chi connectivity index (χ0n) is 6.04. The van der Waals surface area contributed by atoms with Crippen molar-refractivity contribution in [3.05, 3.63) is 16.6 Å². The fraction of sp³-hybridized carbons (Fsp3) is 0.286. The number of pyridine rings is 1. The van der Waals surface area contributed by atoms with Crippen LogP contribution in [0.3, 0.4) is 0 Å². The van der Waals surface area contributed by atoms with Crippen molar-refractivity contribution in [1.29, 1.82) is 0 Å². The summed E-state index contributed by atoms with van der Waals surface area (Å²) in [5, 5.41) is 9.09. The van der Waals surface area contributed by atoms with Crippen LogP contribution < -0.4 is 4.74 Å². The van der Waals surface area contributed by atoms with Crippen LogP contribution in [-0.2, 0) is 0 Å². The summed E-state index contributed by atoms with van der Waals surface area (Å²) in [6.07, 6.45) is 0. The van der Waals surface area contributed by atoms with E-state index in [2.05, 4.69) is 20.9 Å². The second-order valence-corrected chi connectivity index (χ2v) is 2.74. The molecule has 0 aliphatic carbocycles. The van der Waals surface area contributed by atoms with Gasteiger partial charge in [-0.3, -0.25) is 0 Å². The number of ether oxygens (including phenoxy) is 1. The second kappa shape index (κ2) is 3.57. The minimum atomic E-state index is -0.0454. The molecule has 60 valence electrons. The van der Waals surface area contributed by atoms with Gasteiger partial charge in [-0.1, -0.05) is 0 Å². The van der Waals surface area contributed by atoms with Crippen LogP contribution >= 0.6 is 15.9 Å². The molecule has 11 heavy (non-hydrogen) atoms. The third-order valence-electron chi connectivity index (χ3n) is 1.09. The molecule has 0 unspecified atom stereocenters. The second-order valence-electron chi connectivity index (χ2n) is 1.89. The lowest BCUT2D eigenvalue weighted by molar-refractivity contribution is 0.319. The van der Waals surface area contributed by atoms with Crippen LogP contribution in [0.2, 0.25) is 0 Å². The summed E-state index contributed by atoms with van der Waals surface area (Å²) in [5.74, 6) is 0.393. The van der Waals surface area contributed by atoms with Gasteiger partial charge in [-0.05, 0) is 28.9 Å². The smallest absolute Gasteiger partial charge is 0.228 e. The largest absolute Gasteiger partial charge is 0.492 e. The summed E-state index contributed by atoms with van der Waals surface area (Å²) in [7, 11) is 0. The van der Waals surface area contributed by atoms with Gasteiger partial charge < -0.3 is 9.84 Å². The van der Waals surface area contributed by atoms with E-state index < -0.39 is 0 Å². The lowest BCUT2D eigenvalue weighted by Crippen LogP contribution is -1.93. The molecule has 4 heteroatoms. The summed E-state index contributed by atoms with van der Waals surface area (Å²) in [4.78, 5) is 3.75. The summed E-state index contributed by atoms with van der Waals surface area (Å²) in [6.45, 7) is 2.41. The summed E-state index contributed by atoms with van der Waals surface area (Å²) in [6, 6.07) is 3.38. The van der Waals surface area contributed by atoms with Crippen LogP contribution in [0.15, 0.2) is 16.6 Å². The molecule has 1 aromatic rings. The van der Waals surface area contributed by atoms with Crippen molar-refractivity contribution in [3.8, 4) is 11.8 Å². The maximum atomic E-state index is 9.09. The standard InChI is InChI=1S/C7H8BrNO2/c1-2-11-6-4-3-5(8)7(10)9-6/h3-4H,2H2,1H3,(H,9,10). The Kier molecular flexibility index (Phi) is 2.70. The minimum Gasteiger partial charge on any atom is -0.492 e. The van der Waals surface area contributed by atoms with E-state index in [0.717, 1.165) is 0 Å². The van der Waals surface area contributed by atoms with Crippen molar-refractivity contribution in [3.63, 3.8) is 0 Å². The quantitative estimate of drug-likeness (QED) is 0.824. The highest BCUT2D eigenvalue weighted by molar-refractivity contribution is 9.10. The Labute approximate surface area is 73.2 Å². The van der Waals surface area contributed by atoms with E-state index in [1.165, 1.54) is 0 Å². The average Bonchev–Trinajstić information content (AvgIpc) is 1.98. The Morgan fingerprint density at radius 3 is 2.91 bits per heavy atom. The lowest BCUT2D eigenvalue weighted by Gasteiger charge is -2.01. The van der Waals surface area contributed by atoms with E-state index in [9.17, 15) is 0 Å². The number of halogens is 1. The molecule has 0 radical (unpaired) electrons. The molecule has 0 aliphatic rings. The van der Waals surface area contributed by atoms with Gasteiger partial charge in [-0.15, -0.1) is 0 Å². The van der Waals surface area contributed by atoms with Gasteiger partial charge in [-0.25, -0.2) is 0 Å². The summed E-state index contributed by atoms with van der Waals surface area (Å²) in [5.41, 5.74) is 0. The summed E-state index contributed by atoms with van der Waals surface area (Å²) >= 11 is 3.11. The van der Waals surface area contributed by atoms with Gasteiger partial charge in [0.1, 0.15) is 0 Å². The summed E-state index contributed by atoms with van der Waals surface area (Å²) < 4.78 is 5.62. The number of hydrogen-bond acceptors (Lipinski definition) is 3. The zero-order chi connectivity index (χ0) is 8.27. The van der Waals surface area contributed by atoms with Crippen molar-refractivity contribution in [2.75, 3.05) is 6.61 Å². The molecule has 0 amide bonds. The Balaban J connectivity index is 2.86. The molecule has 3 nitrogen and oxygen atoms in total. The lowest BCUT2D eigenvalue weighted by atomic mass is 10.5. The molecule has 1 rings (SSSR count). The molecule has 0 bridgehead atoms. The van der Waals surface area contributed by atoms with E-state index in [4.69, 9.17) is 9.84 Å². The fourth-order valence-electron chi connectivity index (χ4n) is 0.642. The SMILES string of the molecule is CCOc1ccc(Br)c(O)n1. The van der Waals surface area contributed by atoms with Crippen LogP contribution in [0.1, 0.15) is 6.92 Å². The molecule has 1 heterocycles. The van der Waals surface area contributed by atoms with Crippen molar-refractivity contribution < 1.29 is 9.84 Å². The molecule has 0 saturated carbocycles. The first-order valence-corrected chi connectivity index (χ1v) is 4.01. The Morgan fingerprint density at radius 2 is 2.36 bits per heavy atom. The Morgan fingerprint density at radius 1 is 1.64 bits per heavy atom. The van der Waals surface area contributed by atoms with E-state index in [0.29, 0.717) is 17.0 Å². The fourth-order valence-corrected chi connectivity index (χ4v) is 0.863. The van der Waals surface area contributed by atoms with Gasteiger partial charge in [0.05, 0.1) is 11.1 Å². The first-order valence-electron chi connectivity index (χ1n) is 3.22. The van der Waals surface area contributed by atoms with Gasteiger partial charge in [0.15, 0.2) is 0 Å². The van der Waals surface area contributed by atoms with E-state index in [-0.39, 0.29) is 5.88 Å². The molecule has 0 atom stereocenters. The molecule has 0 saturated heterocycles.